The highest BCUT2D eigenvalue weighted by molar-refractivity contribution is 6.34. The molecule has 0 radical (unpaired) electrons. The Hall–Kier alpha value is -2.21. The molecule has 0 N–H and O–H groups in total. The lowest BCUT2D eigenvalue weighted by atomic mass is 9.94. The van der Waals surface area contributed by atoms with E-state index in [2.05, 4.69) is 48.8 Å². The number of piperazine rings is 1. The molecule has 1 saturated heterocycles. The molecule has 1 amide bonds. The van der Waals surface area contributed by atoms with Gasteiger partial charge in [-0.1, -0.05) is 60.5 Å². The Kier molecular flexibility index (Phi) is 6.75. The van der Waals surface area contributed by atoms with Crippen molar-refractivity contribution in [1.82, 2.24) is 14.8 Å². The Bertz CT molecular complexity index is 981. The number of benzene rings is 2. The molecule has 31 heavy (non-hydrogen) atoms. The molecule has 2 aromatic rings. The first-order valence-corrected chi connectivity index (χ1v) is 11.5. The molecule has 2 heterocycles. The minimum Gasteiger partial charge on any atom is -0.301 e. The molecule has 0 bridgehead atoms. The Morgan fingerprint density at radius 3 is 2.48 bits per heavy atom. The molecule has 1 unspecified atom stereocenters. The van der Waals surface area contributed by atoms with Gasteiger partial charge in [-0.15, -0.1) is 0 Å². The smallest absolute Gasteiger partial charge is 0.257 e. The van der Waals surface area contributed by atoms with Gasteiger partial charge < -0.3 is 4.90 Å². The second kappa shape index (κ2) is 9.51. The van der Waals surface area contributed by atoms with Crippen molar-refractivity contribution in [2.75, 3.05) is 39.3 Å². The zero-order valence-corrected chi connectivity index (χ0v) is 19.4. The molecule has 0 saturated carbocycles. The molecule has 0 aromatic heterocycles. The Morgan fingerprint density at radius 1 is 1.06 bits per heavy atom. The number of rotatable bonds is 5. The third kappa shape index (κ3) is 4.84. The Labute approximate surface area is 190 Å². The van der Waals surface area contributed by atoms with Gasteiger partial charge in [-0.2, -0.15) is 5.10 Å². The topological polar surface area (TPSA) is 39.1 Å². The second-order valence-corrected chi connectivity index (χ2v) is 8.96. The quantitative estimate of drug-likeness (QED) is 0.699. The predicted octanol–water partition coefficient (Wildman–Crippen LogP) is 4.27. The summed E-state index contributed by atoms with van der Waals surface area (Å²) in [4.78, 5) is 18.1. The molecule has 0 aliphatic carbocycles. The molecule has 0 spiro atoms. The lowest BCUT2D eigenvalue weighted by Crippen LogP contribution is -2.49. The summed E-state index contributed by atoms with van der Waals surface area (Å²) >= 11 is 6.47. The van der Waals surface area contributed by atoms with E-state index in [-0.39, 0.29) is 11.9 Å². The van der Waals surface area contributed by atoms with Gasteiger partial charge in [-0.05, 0) is 37.6 Å². The molecule has 2 aliphatic heterocycles. The van der Waals surface area contributed by atoms with Gasteiger partial charge >= 0.3 is 0 Å². The fraction of sp³-hybridized carbons (Fsp3) is 0.440. The van der Waals surface area contributed by atoms with Crippen LogP contribution in [0.4, 0.5) is 0 Å². The molecule has 6 heteroatoms. The van der Waals surface area contributed by atoms with E-state index in [1.165, 1.54) is 11.1 Å². The SMILES string of the molecule is CCN1CCN(CC(=O)N2N=C(c3ccccc3Cl)CC2c2cc(C)ccc2C)CC1. The molecule has 2 aliphatic rings. The van der Waals surface area contributed by atoms with Gasteiger partial charge in [0, 0.05) is 43.2 Å². The van der Waals surface area contributed by atoms with Crippen molar-refractivity contribution in [3.8, 4) is 0 Å². The number of hydrogen-bond donors (Lipinski definition) is 0. The Balaban J connectivity index is 1.61. The third-order valence-corrected chi connectivity index (χ3v) is 6.74. The van der Waals surface area contributed by atoms with Crippen molar-refractivity contribution >= 4 is 23.2 Å². The van der Waals surface area contributed by atoms with Gasteiger partial charge in [-0.25, -0.2) is 5.01 Å². The number of carbonyl (C=O) groups excluding carboxylic acids is 1. The Morgan fingerprint density at radius 2 is 1.77 bits per heavy atom. The highest BCUT2D eigenvalue weighted by Gasteiger charge is 2.35. The van der Waals surface area contributed by atoms with Gasteiger partial charge in [0.05, 0.1) is 18.3 Å². The first-order chi connectivity index (χ1) is 15.0. The van der Waals surface area contributed by atoms with Crippen LogP contribution in [0.3, 0.4) is 0 Å². The van der Waals surface area contributed by atoms with Crippen molar-refractivity contribution < 1.29 is 4.79 Å². The molecular formula is C25H31ClN4O. The van der Waals surface area contributed by atoms with E-state index < -0.39 is 0 Å². The van der Waals surface area contributed by atoms with E-state index in [9.17, 15) is 4.79 Å². The lowest BCUT2D eigenvalue weighted by Gasteiger charge is -2.34. The van der Waals surface area contributed by atoms with Crippen molar-refractivity contribution in [3.05, 3.63) is 69.7 Å². The second-order valence-electron chi connectivity index (χ2n) is 8.56. The average molecular weight is 439 g/mol. The van der Waals surface area contributed by atoms with Crippen LogP contribution in [0.15, 0.2) is 47.6 Å². The number of likely N-dealkylation sites (N-methyl/N-ethyl adjacent to an activating group) is 1. The van der Waals surface area contributed by atoms with Crippen molar-refractivity contribution in [3.63, 3.8) is 0 Å². The summed E-state index contributed by atoms with van der Waals surface area (Å²) in [6.45, 7) is 11.7. The minimum absolute atomic E-state index is 0.0536. The fourth-order valence-electron chi connectivity index (χ4n) is 4.49. The zero-order chi connectivity index (χ0) is 22.0. The summed E-state index contributed by atoms with van der Waals surface area (Å²) in [6, 6.07) is 14.1. The number of aryl methyl sites for hydroxylation is 2. The summed E-state index contributed by atoms with van der Waals surface area (Å²) in [7, 11) is 0. The number of amides is 1. The predicted molar refractivity (Wildman–Crippen MR) is 127 cm³/mol. The van der Waals surface area contributed by atoms with Crippen molar-refractivity contribution in [1.29, 1.82) is 0 Å². The fourth-order valence-corrected chi connectivity index (χ4v) is 4.73. The van der Waals surface area contributed by atoms with Crippen molar-refractivity contribution in [2.45, 2.75) is 33.2 Å². The largest absolute Gasteiger partial charge is 0.301 e. The van der Waals surface area contributed by atoms with Crippen LogP contribution in [-0.2, 0) is 4.79 Å². The summed E-state index contributed by atoms with van der Waals surface area (Å²) in [6.07, 6.45) is 0.670. The van der Waals surface area contributed by atoms with Crippen molar-refractivity contribution in [2.24, 2.45) is 5.10 Å². The first kappa shape index (κ1) is 22.0. The van der Waals surface area contributed by atoms with Crippen LogP contribution >= 0.6 is 11.6 Å². The van der Waals surface area contributed by atoms with E-state index in [1.54, 1.807) is 5.01 Å². The van der Waals surface area contributed by atoms with E-state index >= 15 is 0 Å². The van der Waals surface area contributed by atoms with Gasteiger partial charge in [0.25, 0.3) is 5.91 Å². The van der Waals surface area contributed by atoms with Gasteiger partial charge in [0.15, 0.2) is 0 Å². The summed E-state index contributed by atoms with van der Waals surface area (Å²) in [5.41, 5.74) is 5.32. The highest BCUT2D eigenvalue weighted by atomic mass is 35.5. The first-order valence-electron chi connectivity index (χ1n) is 11.1. The molecule has 5 nitrogen and oxygen atoms in total. The van der Waals surface area contributed by atoms with Crippen LogP contribution in [-0.4, -0.2) is 65.7 Å². The third-order valence-electron chi connectivity index (χ3n) is 6.42. The van der Waals surface area contributed by atoms with E-state index in [0.29, 0.717) is 18.0 Å². The number of hydrazone groups is 1. The summed E-state index contributed by atoms with van der Waals surface area (Å²) < 4.78 is 0. The van der Waals surface area contributed by atoms with Crippen LogP contribution in [0, 0.1) is 13.8 Å². The number of halogens is 1. The molecule has 4 rings (SSSR count). The van der Waals surface area contributed by atoms with Gasteiger partial charge in [0.1, 0.15) is 0 Å². The standard InChI is InChI=1S/C25H31ClN4O/c1-4-28-11-13-29(14-12-28)17-25(31)30-24(21-15-18(2)9-10-19(21)3)16-23(27-30)20-7-5-6-8-22(20)26/h5-10,15,24H,4,11-14,16-17H2,1-3H3. The van der Waals surface area contributed by atoms with Crippen LogP contribution < -0.4 is 0 Å². The van der Waals surface area contributed by atoms with Gasteiger partial charge in [0.2, 0.25) is 0 Å². The number of hydrogen-bond acceptors (Lipinski definition) is 4. The molecule has 1 fully saturated rings. The van der Waals surface area contributed by atoms with E-state index in [4.69, 9.17) is 16.7 Å². The summed E-state index contributed by atoms with van der Waals surface area (Å²) in [5, 5.41) is 7.21. The molecule has 2 aromatic carbocycles. The van der Waals surface area contributed by atoms with E-state index in [0.717, 1.165) is 49.6 Å². The van der Waals surface area contributed by atoms with E-state index in [1.807, 2.05) is 24.3 Å². The van der Waals surface area contributed by atoms with Crippen LogP contribution in [0.1, 0.15) is 41.6 Å². The van der Waals surface area contributed by atoms with Gasteiger partial charge in [-0.3, -0.25) is 9.69 Å². The maximum absolute atomic E-state index is 13.4. The zero-order valence-electron chi connectivity index (χ0n) is 18.6. The summed E-state index contributed by atoms with van der Waals surface area (Å²) in [5.74, 6) is 0.0536. The lowest BCUT2D eigenvalue weighted by molar-refractivity contribution is -0.134. The normalized spacial score (nSPS) is 20.2. The maximum atomic E-state index is 13.4. The monoisotopic (exact) mass is 438 g/mol. The molecule has 164 valence electrons. The van der Waals surface area contributed by atoms with Crippen LogP contribution in [0.2, 0.25) is 5.02 Å². The van der Waals surface area contributed by atoms with Crippen LogP contribution in [0.25, 0.3) is 0 Å². The maximum Gasteiger partial charge on any atom is 0.257 e. The molecule has 1 atom stereocenters. The average Bonchev–Trinajstić information content (AvgIpc) is 3.21. The molecular weight excluding hydrogens is 408 g/mol. The number of carbonyl (C=O) groups is 1. The highest BCUT2D eigenvalue weighted by Crippen LogP contribution is 2.36. The minimum atomic E-state index is -0.101. The van der Waals surface area contributed by atoms with Crippen LogP contribution in [0.5, 0.6) is 0 Å². The number of nitrogens with zero attached hydrogens (tertiary/aromatic N) is 4.